The van der Waals surface area contributed by atoms with Crippen molar-refractivity contribution in [2.75, 3.05) is 37.6 Å². The van der Waals surface area contributed by atoms with Crippen LogP contribution in [-0.4, -0.2) is 52.6 Å². The fourth-order valence-electron chi connectivity index (χ4n) is 3.48. The number of hydrogen-bond acceptors (Lipinski definition) is 5. The van der Waals surface area contributed by atoms with E-state index in [2.05, 4.69) is 50.4 Å². The summed E-state index contributed by atoms with van der Waals surface area (Å²) in [6.07, 6.45) is 0.901. The summed E-state index contributed by atoms with van der Waals surface area (Å²) in [6.45, 7) is 5.76. The monoisotopic (exact) mass is 349 g/mol. The Morgan fingerprint density at radius 2 is 1.58 bits per heavy atom. The van der Waals surface area contributed by atoms with Crippen molar-refractivity contribution >= 4 is 16.6 Å². The van der Waals surface area contributed by atoms with E-state index in [1.165, 1.54) is 10.4 Å². The molecular weight excluding hydrogens is 326 g/mol. The normalized spacial score (nSPS) is 15.5. The lowest BCUT2D eigenvalue weighted by Crippen LogP contribution is -2.46. The molecule has 1 aromatic heterocycles. The Hall–Kier alpha value is -2.73. The largest absolute Gasteiger partial charge is 0.369 e. The zero-order valence-electron chi connectivity index (χ0n) is 14.8. The van der Waals surface area contributed by atoms with Gasteiger partial charge in [0.25, 0.3) is 5.56 Å². The minimum atomic E-state index is -0.0514. The number of anilines is 1. The van der Waals surface area contributed by atoms with Gasteiger partial charge in [-0.25, -0.2) is 4.68 Å². The summed E-state index contributed by atoms with van der Waals surface area (Å²) >= 11 is 0. The van der Waals surface area contributed by atoms with Gasteiger partial charge >= 0.3 is 0 Å². The van der Waals surface area contributed by atoms with Gasteiger partial charge in [-0.15, -0.1) is 5.10 Å². The fourth-order valence-corrected chi connectivity index (χ4v) is 3.48. The van der Waals surface area contributed by atoms with Crippen LogP contribution in [0.15, 0.2) is 59.4 Å². The number of benzene rings is 2. The topological polar surface area (TPSA) is 54.3 Å². The van der Waals surface area contributed by atoms with E-state index in [9.17, 15) is 4.79 Å². The molecule has 0 spiro atoms. The molecule has 0 aliphatic carbocycles. The summed E-state index contributed by atoms with van der Waals surface area (Å²) in [7, 11) is 0. The van der Waals surface area contributed by atoms with Crippen molar-refractivity contribution in [1.82, 2.24) is 19.9 Å². The Morgan fingerprint density at radius 1 is 0.846 bits per heavy atom. The Labute approximate surface area is 152 Å². The lowest BCUT2D eigenvalue weighted by atomic mass is 10.2. The van der Waals surface area contributed by atoms with E-state index in [1.807, 2.05) is 24.3 Å². The van der Waals surface area contributed by atoms with Crippen LogP contribution in [0.3, 0.4) is 0 Å². The number of hydrogen-bond donors (Lipinski definition) is 0. The summed E-state index contributed by atoms with van der Waals surface area (Å²) in [5.41, 5.74) is 1.90. The van der Waals surface area contributed by atoms with Crippen LogP contribution in [-0.2, 0) is 6.54 Å². The molecule has 1 saturated heterocycles. The number of aromatic nitrogens is 3. The first-order chi connectivity index (χ1) is 12.8. The first-order valence-electron chi connectivity index (χ1n) is 9.16. The molecular formula is C20H23N5O. The van der Waals surface area contributed by atoms with Crippen LogP contribution in [0.25, 0.3) is 10.9 Å². The summed E-state index contributed by atoms with van der Waals surface area (Å²) in [5.74, 6) is 0. The van der Waals surface area contributed by atoms with Gasteiger partial charge in [0.2, 0.25) is 0 Å². The maximum absolute atomic E-state index is 12.5. The second-order valence-electron chi connectivity index (χ2n) is 6.65. The van der Waals surface area contributed by atoms with Crippen molar-refractivity contribution in [3.8, 4) is 0 Å². The van der Waals surface area contributed by atoms with Gasteiger partial charge in [0.1, 0.15) is 5.52 Å². The zero-order valence-corrected chi connectivity index (χ0v) is 14.8. The van der Waals surface area contributed by atoms with Crippen LogP contribution in [0.5, 0.6) is 0 Å². The molecule has 0 bridgehead atoms. The minimum absolute atomic E-state index is 0.0514. The first kappa shape index (κ1) is 16.7. The standard InChI is InChI=1S/C20H23N5O/c26-20-18-9-4-5-10-19(18)21-22-25(20)12-6-11-23-13-15-24(16-14-23)17-7-2-1-3-8-17/h1-5,7-10H,6,11-16H2. The molecule has 0 unspecified atom stereocenters. The molecule has 0 atom stereocenters. The van der Waals surface area contributed by atoms with Crippen LogP contribution in [0, 0.1) is 0 Å². The maximum Gasteiger partial charge on any atom is 0.277 e. The van der Waals surface area contributed by atoms with Crippen molar-refractivity contribution in [1.29, 1.82) is 0 Å². The summed E-state index contributed by atoms with van der Waals surface area (Å²) in [5, 5.41) is 8.85. The predicted octanol–water partition coefficient (Wildman–Crippen LogP) is 2.00. The van der Waals surface area contributed by atoms with E-state index in [-0.39, 0.29) is 5.56 Å². The average molecular weight is 349 g/mol. The van der Waals surface area contributed by atoms with Crippen LogP contribution in [0.1, 0.15) is 6.42 Å². The molecule has 3 aromatic rings. The number of fused-ring (bicyclic) bond motifs is 1. The van der Waals surface area contributed by atoms with Gasteiger partial charge in [-0.3, -0.25) is 9.69 Å². The smallest absolute Gasteiger partial charge is 0.277 e. The van der Waals surface area contributed by atoms with E-state index >= 15 is 0 Å². The number of rotatable bonds is 5. The van der Waals surface area contributed by atoms with E-state index < -0.39 is 0 Å². The highest BCUT2D eigenvalue weighted by atomic mass is 16.1. The molecule has 0 N–H and O–H groups in total. The number of para-hydroxylation sites is 1. The third-order valence-electron chi connectivity index (χ3n) is 4.97. The van der Waals surface area contributed by atoms with Gasteiger partial charge in [0.05, 0.1) is 5.39 Å². The molecule has 2 aromatic carbocycles. The van der Waals surface area contributed by atoms with Crippen molar-refractivity contribution in [3.05, 3.63) is 65.0 Å². The molecule has 6 heteroatoms. The molecule has 1 aliphatic heterocycles. The Balaban J connectivity index is 1.29. The lowest BCUT2D eigenvalue weighted by Gasteiger charge is -2.36. The third-order valence-corrected chi connectivity index (χ3v) is 4.97. The molecule has 1 fully saturated rings. The number of aryl methyl sites for hydroxylation is 1. The van der Waals surface area contributed by atoms with Gasteiger partial charge in [0.15, 0.2) is 0 Å². The first-order valence-corrected chi connectivity index (χ1v) is 9.16. The van der Waals surface area contributed by atoms with Crippen molar-refractivity contribution in [3.63, 3.8) is 0 Å². The SMILES string of the molecule is O=c1c2ccccc2nnn1CCCN1CCN(c2ccccc2)CC1. The van der Waals surface area contributed by atoms with Crippen LogP contribution >= 0.6 is 0 Å². The van der Waals surface area contributed by atoms with Gasteiger partial charge in [-0.1, -0.05) is 35.5 Å². The van der Waals surface area contributed by atoms with Crippen LogP contribution < -0.4 is 10.5 Å². The third kappa shape index (κ3) is 3.60. The van der Waals surface area contributed by atoms with Gasteiger partial charge in [0, 0.05) is 45.0 Å². The Kier molecular flexibility index (Phi) is 4.93. The van der Waals surface area contributed by atoms with Crippen LogP contribution in [0.2, 0.25) is 0 Å². The highest BCUT2D eigenvalue weighted by molar-refractivity contribution is 5.76. The second-order valence-corrected chi connectivity index (χ2v) is 6.65. The van der Waals surface area contributed by atoms with Crippen molar-refractivity contribution in [2.45, 2.75) is 13.0 Å². The molecule has 0 radical (unpaired) electrons. The molecule has 4 rings (SSSR count). The molecule has 134 valence electrons. The molecule has 6 nitrogen and oxygen atoms in total. The van der Waals surface area contributed by atoms with E-state index in [1.54, 1.807) is 0 Å². The highest BCUT2D eigenvalue weighted by Gasteiger charge is 2.16. The quantitative estimate of drug-likeness (QED) is 0.705. The molecule has 0 saturated carbocycles. The van der Waals surface area contributed by atoms with Crippen LogP contribution in [0.4, 0.5) is 5.69 Å². The minimum Gasteiger partial charge on any atom is -0.369 e. The number of piperazine rings is 1. The van der Waals surface area contributed by atoms with E-state index in [0.717, 1.165) is 39.1 Å². The second kappa shape index (κ2) is 7.66. The van der Waals surface area contributed by atoms with Gasteiger partial charge in [-0.2, -0.15) is 0 Å². The van der Waals surface area contributed by atoms with E-state index in [0.29, 0.717) is 17.4 Å². The summed E-state index contributed by atoms with van der Waals surface area (Å²) in [4.78, 5) is 17.3. The average Bonchev–Trinajstić information content (AvgIpc) is 2.71. The van der Waals surface area contributed by atoms with E-state index in [4.69, 9.17) is 0 Å². The van der Waals surface area contributed by atoms with Gasteiger partial charge in [-0.05, 0) is 30.7 Å². The lowest BCUT2D eigenvalue weighted by molar-refractivity contribution is 0.248. The molecule has 1 aliphatic rings. The molecule has 0 amide bonds. The molecule has 2 heterocycles. The highest BCUT2D eigenvalue weighted by Crippen LogP contribution is 2.15. The van der Waals surface area contributed by atoms with Gasteiger partial charge < -0.3 is 4.90 Å². The Bertz CT molecular complexity index is 916. The zero-order chi connectivity index (χ0) is 17.8. The summed E-state index contributed by atoms with van der Waals surface area (Å²) < 4.78 is 1.49. The molecule has 26 heavy (non-hydrogen) atoms. The number of nitrogens with zero attached hydrogens (tertiary/aromatic N) is 5. The van der Waals surface area contributed by atoms with Crippen molar-refractivity contribution in [2.24, 2.45) is 0 Å². The Morgan fingerprint density at radius 3 is 2.38 bits per heavy atom. The summed E-state index contributed by atoms with van der Waals surface area (Å²) in [6, 6.07) is 17.9. The fraction of sp³-hybridized carbons (Fsp3) is 0.350. The van der Waals surface area contributed by atoms with Crippen molar-refractivity contribution < 1.29 is 0 Å². The maximum atomic E-state index is 12.5. The predicted molar refractivity (Wildman–Crippen MR) is 104 cm³/mol.